The minimum atomic E-state index is 0.201. The largest absolute Gasteiger partial charge is 0.396 e. The van der Waals surface area contributed by atoms with E-state index in [2.05, 4.69) is 23.2 Å². The lowest BCUT2D eigenvalue weighted by Crippen LogP contribution is -2.55. The third kappa shape index (κ3) is 6.55. The van der Waals surface area contributed by atoms with Gasteiger partial charge in [0.2, 0.25) is 0 Å². The van der Waals surface area contributed by atoms with E-state index in [1.165, 1.54) is 96.3 Å². The first kappa shape index (κ1) is 21.7. The fraction of sp³-hybridized carbons (Fsp3) is 0.957. The Morgan fingerprint density at radius 3 is 2.31 bits per heavy atom. The van der Waals surface area contributed by atoms with Gasteiger partial charge in [-0.15, -0.1) is 0 Å². The van der Waals surface area contributed by atoms with Gasteiger partial charge in [0.25, 0.3) is 0 Å². The van der Waals surface area contributed by atoms with Crippen molar-refractivity contribution in [1.82, 2.24) is 4.90 Å². The summed E-state index contributed by atoms with van der Waals surface area (Å²) in [5.74, 6) is 0.752. The van der Waals surface area contributed by atoms with E-state index in [9.17, 15) is 5.11 Å². The predicted molar refractivity (Wildman–Crippen MR) is 113 cm³/mol. The zero-order valence-electron chi connectivity index (χ0n) is 17.4. The molecule has 152 valence electrons. The molecule has 0 spiro atoms. The number of aliphatic hydroxyl groups excluding tert-OH is 1. The van der Waals surface area contributed by atoms with Gasteiger partial charge in [-0.1, -0.05) is 84.0 Å². The Bertz CT molecular complexity index is 380. The van der Waals surface area contributed by atoms with Crippen molar-refractivity contribution < 1.29 is 5.11 Å². The van der Waals surface area contributed by atoms with Crippen molar-refractivity contribution >= 4 is 6.34 Å². The SMILES string of the molecule is CCCCCCCCCCCCC1CCCCC1(CCO)N1C=NCC1. The van der Waals surface area contributed by atoms with Gasteiger partial charge in [0.05, 0.1) is 12.9 Å². The number of rotatable bonds is 14. The summed E-state index contributed by atoms with van der Waals surface area (Å²) >= 11 is 0. The third-order valence-corrected chi connectivity index (χ3v) is 6.89. The maximum atomic E-state index is 9.74. The molecule has 3 heteroatoms. The van der Waals surface area contributed by atoms with Gasteiger partial charge < -0.3 is 10.0 Å². The molecule has 0 amide bonds. The van der Waals surface area contributed by atoms with Gasteiger partial charge in [0.15, 0.2) is 0 Å². The van der Waals surface area contributed by atoms with E-state index < -0.39 is 0 Å². The molecule has 1 N–H and O–H groups in total. The second kappa shape index (κ2) is 12.8. The molecule has 0 bridgehead atoms. The quantitative estimate of drug-likeness (QED) is 0.386. The van der Waals surface area contributed by atoms with Crippen LogP contribution < -0.4 is 0 Å². The molecule has 2 rings (SSSR count). The Balaban J connectivity index is 1.66. The maximum Gasteiger partial charge on any atom is 0.0855 e. The summed E-state index contributed by atoms with van der Waals surface area (Å²) in [5.41, 5.74) is 0.201. The smallest absolute Gasteiger partial charge is 0.0855 e. The van der Waals surface area contributed by atoms with Crippen molar-refractivity contribution in [2.75, 3.05) is 19.7 Å². The summed E-state index contributed by atoms with van der Waals surface area (Å²) < 4.78 is 0. The number of nitrogens with zero attached hydrogens (tertiary/aromatic N) is 2. The van der Waals surface area contributed by atoms with Gasteiger partial charge in [-0.3, -0.25) is 4.99 Å². The summed E-state index contributed by atoms with van der Waals surface area (Å²) in [6.45, 7) is 4.61. The van der Waals surface area contributed by atoms with Gasteiger partial charge in [0.1, 0.15) is 0 Å². The van der Waals surface area contributed by atoms with Crippen LogP contribution in [0.4, 0.5) is 0 Å². The lowest BCUT2D eigenvalue weighted by Gasteiger charge is -2.50. The first-order chi connectivity index (χ1) is 12.8. The molecule has 1 aliphatic heterocycles. The highest BCUT2D eigenvalue weighted by molar-refractivity contribution is 5.58. The van der Waals surface area contributed by atoms with Crippen LogP contribution >= 0.6 is 0 Å². The highest BCUT2D eigenvalue weighted by Gasteiger charge is 2.44. The topological polar surface area (TPSA) is 35.8 Å². The third-order valence-electron chi connectivity index (χ3n) is 6.89. The van der Waals surface area contributed by atoms with Gasteiger partial charge in [-0.2, -0.15) is 0 Å². The molecule has 0 saturated heterocycles. The van der Waals surface area contributed by atoms with Crippen molar-refractivity contribution in [3.05, 3.63) is 0 Å². The number of unbranched alkanes of at least 4 members (excludes halogenated alkanes) is 9. The minimum Gasteiger partial charge on any atom is -0.396 e. The second-order valence-corrected chi connectivity index (χ2v) is 8.71. The van der Waals surface area contributed by atoms with Crippen LogP contribution in [0.3, 0.4) is 0 Å². The molecule has 3 nitrogen and oxygen atoms in total. The van der Waals surface area contributed by atoms with Crippen molar-refractivity contribution in [2.45, 2.75) is 115 Å². The van der Waals surface area contributed by atoms with Crippen LogP contribution in [0.15, 0.2) is 4.99 Å². The molecule has 1 fully saturated rings. The monoisotopic (exact) mass is 364 g/mol. The second-order valence-electron chi connectivity index (χ2n) is 8.71. The number of aliphatic imine (C=N–C) groups is 1. The molecule has 0 aromatic rings. The Morgan fingerprint density at radius 1 is 1.00 bits per heavy atom. The average Bonchev–Trinajstić information content (AvgIpc) is 3.20. The van der Waals surface area contributed by atoms with E-state index in [1.54, 1.807) is 0 Å². The van der Waals surface area contributed by atoms with E-state index in [1.807, 2.05) is 0 Å². The molecule has 0 aromatic carbocycles. The molecule has 2 aliphatic rings. The van der Waals surface area contributed by atoms with E-state index in [0.29, 0.717) is 6.61 Å². The number of hydrogen-bond acceptors (Lipinski definition) is 3. The molecular weight excluding hydrogens is 320 g/mol. The van der Waals surface area contributed by atoms with Gasteiger partial charge >= 0.3 is 0 Å². The van der Waals surface area contributed by atoms with Crippen molar-refractivity contribution in [2.24, 2.45) is 10.9 Å². The lowest BCUT2D eigenvalue weighted by molar-refractivity contribution is 0.0301. The predicted octanol–water partition coefficient (Wildman–Crippen LogP) is 5.95. The molecule has 2 unspecified atom stereocenters. The summed E-state index contributed by atoms with van der Waals surface area (Å²) in [4.78, 5) is 6.98. The molecule has 1 heterocycles. The van der Waals surface area contributed by atoms with E-state index in [-0.39, 0.29) is 5.54 Å². The summed E-state index contributed by atoms with van der Waals surface area (Å²) in [6, 6.07) is 0. The first-order valence-electron chi connectivity index (χ1n) is 11.7. The fourth-order valence-electron chi connectivity index (χ4n) is 5.35. The molecule has 1 aliphatic carbocycles. The Labute approximate surface area is 162 Å². The summed E-state index contributed by atoms with van der Waals surface area (Å²) in [7, 11) is 0. The first-order valence-corrected chi connectivity index (χ1v) is 11.7. The standard InChI is InChI=1S/C23H44N2O/c1-2-3-4-5-6-7-8-9-10-11-14-22-15-12-13-16-23(22,17-20-26)25-19-18-24-21-25/h21-22,26H,2-20H2,1H3. The zero-order chi connectivity index (χ0) is 18.5. The van der Waals surface area contributed by atoms with E-state index >= 15 is 0 Å². The highest BCUT2D eigenvalue weighted by Crippen LogP contribution is 2.43. The van der Waals surface area contributed by atoms with Crippen LogP contribution in [-0.4, -0.2) is 41.6 Å². The van der Waals surface area contributed by atoms with Gasteiger partial charge in [0, 0.05) is 18.7 Å². The Kier molecular flexibility index (Phi) is 10.7. The lowest BCUT2D eigenvalue weighted by atomic mass is 9.68. The zero-order valence-corrected chi connectivity index (χ0v) is 17.4. The molecule has 0 radical (unpaired) electrons. The van der Waals surface area contributed by atoms with Gasteiger partial charge in [-0.05, 0) is 31.6 Å². The summed E-state index contributed by atoms with van der Waals surface area (Å²) in [6.07, 6.45) is 23.8. The van der Waals surface area contributed by atoms with Crippen molar-refractivity contribution in [1.29, 1.82) is 0 Å². The number of aliphatic hydroxyl groups is 1. The fourth-order valence-corrected chi connectivity index (χ4v) is 5.35. The van der Waals surface area contributed by atoms with Crippen molar-refractivity contribution in [3.8, 4) is 0 Å². The Hall–Kier alpha value is -0.570. The van der Waals surface area contributed by atoms with Crippen LogP contribution in [0.5, 0.6) is 0 Å². The van der Waals surface area contributed by atoms with Crippen LogP contribution in [-0.2, 0) is 0 Å². The maximum absolute atomic E-state index is 9.74. The molecule has 0 aromatic heterocycles. The van der Waals surface area contributed by atoms with Crippen molar-refractivity contribution in [3.63, 3.8) is 0 Å². The molecule has 2 atom stereocenters. The number of hydrogen-bond donors (Lipinski definition) is 1. The minimum absolute atomic E-state index is 0.201. The Morgan fingerprint density at radius 2 is 1.69 bits per heavy atom. The van der Waals surface area contributed by atoms with Gasteiger partial charge in [-0.25, -0.2) is 0 Å². The van der Waals surface area contributed by atoms with Crippen LogP contribution in [0.1, 0.15) is 110 Å². The average molecular weight is 365 g/mol. The molecular formula is C23H44N2O. The van der Waals surface area contributed by atoms with Crippen LogP contribution in [0.2, 0.25) is 0 Å². The van der Waals surface area contributed by atoms with E-state index in [0.717, 1.165) is 25.4 Å². The molecule has 1 saturated carbocycles. The highest BCUT2D eigenvalue weighted by atomic mass is 16.3. The molecule has 26 heavy (non-hydrogen) atoms. The normalized spacial score (nSPS) is 25.9. The van der Waals surface area contributed by atoms with Crippen LogP contribution in [0, 0.1) is 5.92 Å². The van der Waals surface area contributed by atoms with Crippen LogP contribution in [0.25, 0.3) is 0 Å². The summed E-state index contributed by atoms with van der Waals surface area (Å²) in [5, 5.41) is 9.74. The van der Waals surface area contributed by atoms with E-state index in [4.69, 9.17) is 0 Å².